The number of guanidine groups is 1. The Hall–Kier alpha value is -2.32. The molecule has 22 heavy (non-hydrogen) atoms. The quantitative estimate of drug-likeness (QED) is 0.658. The van der Waals surface area contributed by atoms with Crippen LogP contribution in [0.4, 0.5) is 0 Å². The number of thiophene rings is 1. The van der Waals surface area contributed by atoms with Crippen LogP contribution in [0.25, 0.3) is 0 Å². The third kappa shape index (κ3) is 4.90. The smallest absolute Gasteiger partial charge is 0.191 e. The van der Waals surface area contributed by atoms with Gasteiger partial charge in [-0.25, -0.2) is 4.99 Å². The molecule has 0 saturated carbocycles. The van der Waals surface area contributed by atoms with Gasteiger partial charge in [-0.05, 0) is 43.7 Å². The fourth-order valence-corrected chi connectivity index (χ4v) is 2.83. The summed E-state index contributed by atoms with van der Waals surface area (Å²) >= 11 is 1.79. The molecule has 0 unspecified atom stereocenters. The summed E-state index contributed by atoms with van der Waals surface area (Å²) in [7, 11) is 0. The van der Waals surface area contributed by atoms with E-state index >= 15 is 0 Å². The van der Waals surface area contributed by atoms with Crippen molar-refractivity contribution in [1.82, 2.24) is 10.6 Å². The standard InChI is InChI=1S/C17H20N4S/c1-3-19-17(21-12-16-8-7-13(2)22-16)20-11-15-6-4-5-14(9-15)10-18/h4-9H,3,11-12H2,1-2H3,(H2,19,20,21). The van der Waals surface area contributed by atoms with Crippen LogP contribution in [-0.4, -0.2) is 12.5 Å². The monoisotopic (exact) mass is 312 g/mol. The van der Waals surface area contributed by atoms with E-state index < -0.39 is 0 Å². The summed E-state index contributed by atoms with van der Waals surface area (Å²) in [6, 6.07) is 13.9. The Labute approximate surface area is 135 Å². The Kier molecular flexibility index (Phi) is 5.99. The number of nitrogens with zero attached hydrogens (tertiary/aromatic N) is 2. The molecule has 0 aliphatic rings. The van der Waals surface area contributed by atoms with Crippen LogP contribution in [0.5, 0.6) is 0 Å². The lowest BCUT2D eigenvalue weighted by molar-refractivity contribution is 0.823. The highest BCUT2D eigenvalue weighted by molar-refractivity contribution is 7.11. The number of rotatable bonds is 5. The first-order valence-electron chi connectivity index (χ1n) is 7.28. The van der Waals surface area contributed by atoms with E-state index in [9.17, 15) is 0 Å². The summed E-state index contributed by atoms with van der Waals surface area (Å²) in [5, 5.41) is 15.5. The van der Waals surface area contributed by atoms with Crippen molar-refractivity contribution in [3.8, 4) is 6.07 Å². The highest BCUT2D eigenvalue weighted by Crippen LogP contribution is 2.14. The van der Waals surface area contributed by atoms with E-state index in [0.29, 0.717) is 12.1 Å². The van der Waals surface area contributed by atoms with E-state index in [1.807, 2.05) is 25.1 Å². The van der Waals surface area contributed by atoms with E-state index in [0.717, 1.165) is 24.6 Å². The molecular weight excluding hydrogens is 292 g/mol. The van der Waals surface area contributed by atoms with Crippen LogP contribution >= 0.6 is 11.3 Å². The number of aliphatic imine (C=N–C) groups is 1. The van der Waals surface area contributed by atoms with Gasteiger partial charge in [0.05, 0.1) is 24.7 Å². The van der Waals surface area contributed by atoms with Gasteiger partial charge < -0.3 is 10.6 Å². The number of benzene rings is 1. The van der Waals surface area contributed by atoms with Gasteiger partial charge in [0, 0.05) is 16.3 Å². The SMILES string of the molecule is CCNC(=NCc1cccc(C#N)c1)NCc1ccc(C)s1. The predicted molar refractivity (Wildman–Crippen MR) is 91.9 cm³/mol. The van der Waals surface area contributed by atoms with Gasteiger partial charge in [-0.1, -0.05) is 12.1 Å². The maximum atomic E-state index is 8.93. The molecule has 0 saturated heterocycles. The van der Waals surface area contributed by atoms with Crippen molar-refractivity contribution in [3.05, 3.63) is 57.3 Å². The maximum Gasteiger partial charge on any atom is 0.191 e. The first kappa shape index (κ1) is 16.1. The molecule has 0 fully saturated rings. The normalized spacial score (nSPS) is 11.0. The van der Waals surface area contributed by atoms with Gasteiger partial charge in [-0.2, -0.15) is 5.26 Å². The molecule has 5 heteroatoms. The minimum atomic E-state index is 0.550. The molecule has 2 N–H and O–H groups in total. The lowest BCUT2D eigenvalue weighted by Crippen LogP contribution is -2.36. The number of aryl methyl sites for hydroxylation is 1. The van der Waals surface area contributed by atoms with Crippen molar-refractivity contribution in [3.63, 3.8) is 0 Å². The van der Waals surface area contributed by atoms with Crippen molar-refractivity contribution in [2.24, 2.45) is 4.99 Å². The third-order valence-corrected chi connectivity index (χ3v) is 4.05. The van der Waals surface area contributed by atoms with Gasteiger partial charge in [0.15, 0.2) is 5.96 Å². The second-order valence-electron chi connectivity index (χ2n) is 4.87. The van der Waals surface area contributed by atoms with Crippen LogP contribution in [0.15, 0.2) is 41.4 Å². The lowest BCUT2D eigenvalue weighted by Gasteiger charge is -2.10. The summed E-state index contributed by atoms with van der Waals surface area (Å²) in [5.41, 5.74) is 1.70. The average molecular weight is 312 g/mol. The summed E-state index contributed by atoms with van der Waals surface area (Å²) in [6.07, 6.45) is 0. The lowest BCUT2D eigenvalue weighted by atomic mass is 10.1. The molecule has 0 amide bonds. The molecule has 0 aliphatic heterocycles. The first-order valence-corrected chi connectivity index (χ1v) is 8.09. The second kappa shape index (κ2) is 8.20. The van der Waals surface area contributed by atoms with Crippen LogP contribution in [0.3, 0.4) is 0 Å². The topological polar surface area (TPSA) is 60.2 Å². The first-order chi connectivity index (χ1) is 10.7. The molecule has 0 bridgehead atoms. The van der Waals surface area contributed by atoms with Gasteiger partial charge in [0.1, 0.15) is 0 Å². The van der Waals surface area contributed by atoms with Crippen molar-refractivity contribution in [2.45, 2.75) is 26.9 Å². The van der Waals surface area contributed by atoms with E-state index in [1.54, 1.807) is 17.4 Å². The molecule has 0 aliphatic carbocycles. The summed E-state index contributed by atoms with van der Waals surface area (Å²) in [6.45, 7) is 6.28. The zero-order valence-electron chi connectivity index (χ0n) is 12.9. The molecule has 2 aromatic rings. The molecule has 0 spiro atoms. The van der Waals surface area contributed by atoms with Crippen molar-refractivity contribution in [1.29, 1.82) is 5.26 Å². The number of nitriles is 1. The Morgan fingerprint density at radius 1 is 1.27 bits per heavy atom. The summed E-state index contributed by atoms with van der Waals surface area (Å²) in [5.74, 6) is 0.788. The van der Waals surface area contributed by atoms with E-state index in [4.69, 9.17) is 5.26 Å². The van der Waals surface area contributed by atoms with E-state index in [1.165, 1.54) is 9.75 Å². The van der Waals surface area contributed by atoms with E-state index in [-0.39, 0.29) is 0 Å². The Morgan fingerprint density at radius 2 is 2.14 bits per heavy atom. The zero-order valence-corrected chi connectivity index (χ0v) is 13.7. The molecule has 4 nitrogen and oxygen atoms in total. The minimum absolute atomic E-state index is 0.550. The Morgan fingerprint density at radius 3 is 2.82 bits per heavy atom. The van der Waals surface area contributed by atoms with Crippen molar-refractivity contribution >= 4 is 17.3 Å². The molecule has 114 valence electrons. The molecule has 1 aromatic carbocycles. The summed E-state index contributed by atoms with van der Waals surface area (Å²) < 4.78 is 0. The van der Waals surface area contributed by atoms with Crippen LogP contribution < -0.4 is 10.6 Å². The number of nitrogens with one attached hydrogen (secondary N) is 2. The summed E-state index contributed by atoms with van der Waals surface area (Å²) in [4.78, 5) is 7.17. The van der Waals surface area contributed by atoms with Gasteiger partial charge in [-0.15, -0.1) is 11.3 Å². The Bertz CT molecular complexity index is 682. The van der Waals surface area contributed by atoms with Crippen LogP contribution in [0, 0.1) is 18.3 Å². The minimum Gasteiger partial charge on any atom is -0.357 e. The van der Waals surface area contributed by atoms with Crippen LogP contribution in [0.1, 0.15) is 27.8 Å². The Balaban J connectivity index is 1.98. The van der Waals surface area contributed by atoms with Gasteiger partial charge >= 0.3 is 0 Å². The fourth-order valence-electron chi connectivity index (χ4n) is 2.00. The third-order valence-electron chi connectivity index (χ3n) is 3.05. The predicted octanol–water partition coefficient (Wildman–Crippen LogP) is 3.18. The highest BCUT2D eigenvalue weighted by Gasteiger charge is 2.01. The van der Waals surface area contributed by atoms with Crippen molar-refractivity contribution in [2.75, 3.05) is 6.54 Å². The highest BCUT2D eigenvalue weighted by atomic mass is 32.1. The van der Waals surface area contributed by atoms with Gasteiger partial charge in [0.25, 0.3) is 0 Å². The fraction of sp³-hybridized carbons (Fsp3) is 0.294. The second-order valence-corrected chi connectivity index (χ2v) is 6.25. The molecule has 1 heterocycles. The number of hydrogen-bond donors (Lipinski definition) is 2. The molecule has 0 radical (unpaired) electrons. The maximum absolute atomic E-state index is 8.93. The molecule has 1 aromatic heterocycles. The van der Waals surface area contributed by atoms with Gasteiger partial charge in [0.2, 0.25) is 0 Å². The molecular formula is C17H20N4S. The van der Waals surface area contributed by atoms with Crippen molar-refractivity contribution < 1.29 is 0 Å². The van der Waals surface area contributed by atoms with Gasteiger partial charge in [-0.3, -0.25) is 0 Å². The molecule has 2 rings (SSSR count). The largest absolute Gasteiger partial charge is 0.357 e. The average Bonchev–Trinajstić information content (AvgIpc) is 2.96. The van der Waals surface area contributed by atoms with Crippen LogP contribution in [-0.2, 0) is 13.1 Å². The zero-order chi connectivity index (χ0) is 15.8. The number of hydrogen-bond acceptors (Lipinski definition) is 3. The molecule has 0 atom stereocenters. The van der Waals surface area contributed by atoms with E-state index in [2.05, 4.69) is 40.8 Å². The van der Waals surface area contributed by atoms with Crippen LogP contribution in [0.2, 0.25) is 0 Å².